The van der Waals surface area contributed by atoms with Crippen LogP contribution >= 0.6 is 0 Å². The van der Waals surface area contributed by atoms with E-state index >= 15 is 0 Å². The van der Waals surface area contributed by atoms with E-state index in [9.17, 15) is 18.5 Å². The Morgan fingerprint density at radius 1 is 1.47 bits per heavy atom. The summed E-state index contributed by atoms with van der Waals surface area (Å²) in [5.41, 5.74) is 0.938. The van der Waals surface area contributed by atoms with E-state index in [0.29, 0.717) is 24.2 Å². The van der Waals surface area contributed by atoms with Crippen molar-refractivity contribution in [3.8, 4) is 0 Å². The number of benzene rings is 1. The molecule has 1 fully saturated rings. The fourth-order valence-corrected chi connectivity index (χ4v) is 3.71. The molecule has 2 rings (SSSR count). The summed E-state index contributed by atoms with van der Waals surface area (Å²) in [4.78, 5) is 10.5. The van der Waals surface area contributed by atoms with Gasteiger partial charge in [0.15, 0.2) is 0 Å². The molecular formula is C11H15N3O4S. The Morgan fingerprint density at radius 2 is 2.21 bits per heavy atom. The molecule has 1 N–H and O–H groups in total. The van der Waals surface area contributed by atoms with Crippen LogP contribution in [0, 0.1) is 10.1 Å². The smallest absolute Gasteiger partial charge is 0.292 e. The minimum atomic E-state index is -3.21. The molecule has 1 aromatic carbocycles. The highest BCUT2D eigenvalue weighted by Gasteiger charge is 2.29. The molecule has 104 valence electrons. The van der Waals surface area contributed by atoms with Crippen LogP contribution in [0.3, 0.4) is 0 Å². The molecule has 1 heterocycles. The highest BCUT2D eigenvalue weighted by atomic mass is 32.2. The normalized spacial score (nSPS) is 18.4. The van der Waals surface area contributed by atoms with Crippen LogP contribution in [-0.4, -0.2) is 37.0 Å². The van der Waals surface area contributed by atoms with Crippen molar-refractivity contribution in [1.29, 1.82) is 0 Å². The average molecular weight is 285 g/mol. The minimum absolute atomic E-state index is 0.0448. The third-order valence-corrected chi connectivity index (χ3v) is 5.03. The Balaban J connectivity index is 2.35. The van der Waals surface area contributed by atoms with E-state index in [1.807, 2.05) is 0 Å². The standard InChI is InChI=1S/C11H15N3O4S/c1-12-11-9(4-2-5-10(11)14(15)16)8-13-6-3-7-19(13,17)18/h2,4-5,12H,3,6-8H2,1H3. The Labute approximate surface area is 111 Å². The van der Waals surface area contributed by atoms with Crippen molar-refractivity contribution in [3.05, 3.63) is 33.9 Å². The molecule has 19 heavy (non-hydrogen) atoms. The molecule has 1 saturated heterocycles. The van der Waals surface area contributed by atoms with Gasteiger partial charge in [-0.15, -0.1) is 0 Å². The fourth-order valence-electron chi connectivity index (χ4n) is 2.22. The van der Waals surface area contributed by atoms with Crippen LogP contribution in [-0.2, 0) is 16.6 Å². The molecule has 0 amide bonds. The molecule has 8 heteroatoms. The molecule has 0 radical (unpaired) electrons. The van der Waals surface area contributed by atoms with Crippen LogP contribution < -0.4 is 5.32 Å². The lowest BCUT2D eigenvalue weighted by Crippen LogP contribution is -2.25. The van der Waals surface area contributed by atoms with Crippen LogP contribution in [0.2, 0.25) is 0 Å². The van der Waals surface area contributed by atoms with Crippen molar-refractivity contribution in [3.63, 3.8) is 0 Å². The fraction of sp³-hybridized carbons (Fsp3) is 0.455. The lowest BCUT2D eigenvalue weighted by molar-refractivity contribution is -0.384. The molecule has 1 aliphatic heterocycles. The predicted molar refractivity (Wildman–Crippen MR) is 71.5 cm³/mol. The molecule has 1 aliphatic rings. The van der Waals surface area contributed by atoms with Crippen molar-refractivity contribution in [2.75, 3.05) is 24.7 Å². The van der Waals surface area contributed by atoms with E-state index in [1.54, 1.807) is 19.2 Å². The van der Waals surface area contributed by atoms with Crippen LogP contribution in [0.15, 0.2) is 18.2 Å². The number of para-hydroxylation sites is 1. The highest BCUT2D eigenvalue weighted by molar-refractivity contribution is 7.89. The van der Waals surface area contributed by atoms with Crippen molar-refractivity contribution in [2.24, 2.45) is 0 Å². The SMILES string of the molecule is CNc1c(CN2CCCS2(=O)=O)cccc1[N+](=O)[O-]. The van der Waals surface area contributed by atoms with E-state index in [4.69, 9.17) is 0 Å². The zero-order valence-corrected chi connectivity index (χ0v) is 11.3. The molecule has 0 aromatic heterocycles. The van der Waals surface area contributed by atoms with Gasteiger partial charge in [0.05, 0.1) is 10.7 Å². The van der Waals surface area contributed by atoms with E-state index in [0.717, 1.165) is 0 Å². The Morgan fingerprint density at radius 3 is 2.74 bits per heavy atom. The first-order valence-electron chi connectivity index (χ1n) is 5.87. The number of rotatable bonds is 4. The largest absolute Gasteiger partial charge is 0.382 e. The Bertz CT molecular complexity index is 600. The van der Waals surface area contributed by atoms with Gasteiger partial charge in [0.2, 0.25) is 10.0 Å². The van der Waals surface area contributed by atoms with Crippen molar-refractivity contribution in [2.45, 2.75) is 13.0 Å². The van der Waals surface area contributed by atoms with E-state index < -0.39 is 14.9 Å². The predicted octanol–water partition coefficient (Wildman–Crippen LogP) is 1.17. The van der Waals surface area contributed by atoms with E-state index in [2.05, 4.69) is 5.32 Å². The first-order valence-corrected chi connectivity index (χ1v) is 7.48. The summed E-state index contributed by atoms with van der Waals surface area (Å²) in [6, 6.07) is 4.66. The second kappa shape index (κ2) is 5.14. The summed E-state index contributed by atoms with van der Waals surface area (Å²) in [6.45, 7) is 0.633. The summed E-state index contributed by atoms with van der Waals surface area (Å²) >= 11 is 0. The van der Waals surface area contributed by atoms with Crippen LogP contribution in [0.4, 0.5) is 11.4 Å². The van der Waals surface area contributed by atoms with Gasteiger partial charge in [0, 0.05) is 26.2 Å². The summed E-state index contributed by atoms with van der Waals surface area (Å²) in [6.07, 6.45) is 0.603. The third-order valence-electron chi connectivity index (χ3n) is 3.13. The van der Waals surface area contributed by atoms with Crippen LogP contribution in [0.1, 0.15) is 12.0 Å². The lowest BCUT2D eigenvalue weighted by Gasteiger charge is -2.16. The first-order chi connectivity index (χ1) is 8.95. The number of nitrogens with one attached hydrogen (secondary N) is 1. The molecule has 0 spiro atoms. The molecule has 0 atom stereocenters. The first kappa shape index (κ1) is 13.8. The minimum Gasteiger partial charge on any atom is -0.382 e. The van der Waals surface area contributed by atoms with E-state index in [1.165, 1.54) is 10.4 Å². The molecule has 0 bridgehead atoms. The highest BCUT2D eigenvalue weighted by Crippen LogP contribution is 2.30. The van der Waals surface area contributed by atoms with Gasteiger partial charge in [0.1, 0.15) is 5.69 Å². The topological polar surface area (TPSA) is 92.6 Å². The summed E-state index contributed by atoms with van der Waals surface area (Å²) in [7, 11) is -1.62. The number of nitro groups is 1. The summed E-state index contributed by atoms with van der Waals surface area (Å²) in [5, 5.41) is 13.7. The van der Waals surface area contributed by atoms with E-state index in [-0.39, 0.29) is 18.0 Å². The molecule has 1 aromatic rings. The van der Waals surface area contributed by atoms with Gasteiger partial charge in [0.25, 0.3) is 5.69 Å². The van der Waals surface area contributed by atoms with Gasteiger partial charge in [-0.1, -0.05) is 12.1 Å². The van der Waals surface area contributed by atoms with Crippen molar-refractivity contribution in [1.82, 2.24) is 4.31 Å². The maximum absolute atomic E-state index is 11.8. The monoisotopic (exact) mass is 285 g/mol. The van der Waals surface area contributed by atoms with Gasteiger partial charge in [-0.2, -0.15) is 4.31 Å². The van der Waals surface area contributed by atoms with Gasteiger partial charge >= 0.3 is 0 Å². The molecule has 0 unspecified atom stereocenters. The second-order valence-electron chi connectivity index (χ2n) is 4.32. The quantitative estimate of drug-likeness (QED) is 0.662. The van der Waals surface area contributed by atoms with Crippen LogP contribution in [0.25, 0.3) is 0 Å². The molecule has 0 saturated carbocycles. The van der Waals surface area contributed by atoms with Crippen molar-refractivity contribution < 1.29 is 13.3 Å². The average Bonchev–Trinajstić information content (AvgIpc) is 2.68. The number of nitrogens with zero attached hydrogens (tertiary/aromatic N) is 2. The maximum atomic E-state index is 11.8. The third kappa shape index (κ3) is 2.69. The van der Waals surface area contributed by atoms with Gasteiger partial charge < -0.3 is 5.32 Å². The number of anilines is 1. The maximum Gasteiger partial charge on any atom is 0.292 e. The molecule has 7 nitrogen and oxygen atoms in total. The molecule has 0 aliphatic carbocycles. The van der Waals surface area contributed by atoms with Gasteiger partial charge in [-0.25, -0.2) is 8.42 Å². The summed E-state index contributed by atoms with van der Waals surface area (Å²) in [5.74, 6) is 0.150. The van der Waals surface area contributed by atoms with Crippen LogP contribution in [0.5, 0.6) is 0 Å². The number of hydrogen-bond donors (Lipinski definition) is 1. The number of sulfonamides is 1. The van der Waals surface area contributed by atoms with Crippen molar-refractivity contribution >= 4 is 21.4 Å². The van der Waals surface area contributed by atoms with Gasteiger partial charge in [-0.05, 0) is 12.0 Å². The Hall–Kier alpha value is -1.67. The zero-order valence-electron chi connectivity index (χ0n) is 10.5. The number of hydrogen-bond acceptors (Lipinski definition) is 5. The Kier molecular flexibility index (Phi) is 3.72. The summed E-state index contributed by atoms with van der Waals surface area (Å²) < 4.78 is 24.9. The second-order valence-corrected chi connectivity index (χ2v) is 6.41. The lowest BCUT2D eigenvalue weighted by atomic mass is 10.1. The molecular weight excluding hydrogens is 270 g/mol. The zero-order chi connectivity index (χ0) is 14.0. The number of nitro benzene ring substituents is 1. The van der Waals surface area contributed by atoms with Gasteiger partial charge in [-0.3, -0.25) is 10.1 Å².